The summed E-state index contributed by atoms with van der Waals surface area (Å²) < 4.78 is 0. The Bertz CT molecular complexity index is 406. The number of carboxylic acids is 1. The Hall–Kier alpha value is -1.49. The number of aromatic carboxylic acids is 1. The van der Waals surface area contributed by atoms with Crippen LogP contribution in [0.5, 0.6) is 0 Å². The molecule has 0 aliphatic carbocycles. The van der Waals surface area contributed by atoms with Crippen LogP contribution in [0.25, 0.3) is 0 Å². The number of carboxylic acid groups (broad SMARTS) is 1. The third-order valence-electron chi connectivity index (χ3n) is 2.06. The number of hydrogen-bond donors (Lipinski definition) is 2. The normalized spacial score (nSPS) is 9.94. The van der Waals surface area contributed by atoms with E-state index in [0.29, 0.717) is 12.1 Å². The third-order valence-corrected chi connectivity index (χ3v) is 3.09. The minimum absolute atomic E-state index is 0.0292. The van der Waals surface area contributed by atoms with Crippen molar-refractivity contribution >= 4 is 23.6 Å². The first kappa shape index (κ1) is 13.6. The highest BCUT2D eigenvalue weighted by Gasteiger charge is 2.02. The van der Waals surface area contributed by atoms with Crippen molar-refractivity contribution < 1.29 is 14.7 Å². The van der Waals surface area contributed by atoms with Gasteiger partial charge in [-0.3, -0.25) is 4.79 Å². The molecule has 0 bridgehead atoms. The number of thioether (sulfide) groups is 1. The second-order valence-corrected chi connectivity index (χ2v) is 4.65. The highest BCUT2D eigenvalue weighted by atomic mass is 32.2. The number of carbonyl (C=O) groups excluding carboxylic acids is 1. The first-order valence-corrected chi connectivity index (χ1v) is 6.39. The monoisotopic (exact) mass is 253 g/mol. The number of rotatable bonds is 6. The zero-order valence-corrected chi connectivity index (χ0v) is 10.4. The number of benzene rings is 1. The lowest BCUT2D eigenvalue weighted by molar-refractivity contribution is -0.118. The standard InChI is InChI=1S/C12H15NO3S/c1-9(14)13-5-6-17-8-10-3-2-4-11(7-10)12(15)16/h2-4,7H,5-6,8H2,1H3,(H,13,14)(H,15,16). The minimum atomic E-state index is -0.907. The molecule has 5 heteroatoms. The average Bonchev–Trinajstić information content (AvgIpc) is 2.28. The number of hydrogen-bond acceptors (Lipinski definition) is 3. The van der Waals surface area contributed by atoms with Crippen LogP contribution in [-0.2, 0) is 10.5 Å². The molecule has 92 valence electrons. The van der Waals surface area contributed by atoms with Gasteiger partial charge in [-0.1, -0.05) is 12.1 Å². The second kappa shape index (κ2) is 6.96. The Morgan fingerprint density at radius 1 is 1.41 bits per heavy atom. The van der Waals surface area contributed by atoms with Gasteiger partial charge in [0.05, 0.1) is 5.56 Å². The van der Waals surface area contributed by atoms with Crippen molar-refractivity contribution in [1.82, 2.24) is 5.32 Å². The molecule has 2 N–H and O–H groups in total. The Labute approximate surface area is 104 Å². The van der Waals surface area contributed by atoms with Gasteiger partial charge in [0, 0.05) is 25.0 Å². The van der Waals surface area contributed by atoms with Gasteiger partial charge in [-0.15, -0.1) is 0 Å². The molecule has 0 spiro atoms. The van der Waals surface area contributed by atoms with Crippen LogP contribution in [0.3, 0.4) is 0 Å². The molecular formula is C12H15NO3S. The van der Waals surface area contributed by atoms with E-state index in [2.05, 4.69) is 5.32 Å². The van der Waals surface area contributed by atoms with E-state index < -0.39 is 5.97 Å². The highest BCUT2D eigenvalue weighted by molar-refractivity contribution is 7.98. The molecule has 0 saturated carbocycles. The molecule has 0 heterocycles. The molecule has 0 fully saturated rings. The van der Waals surface area contributed by atoms with Crippen molar-refractivity contribution in [2.45, 2.75) is 12.7 Å². The van der Waals surface area contributed by atoms with E-state index in [0.717, 1.165) is 17.1 Å². The molecular weight excluding hydrogens is 238 g/mol. The average molecular weight is 253 g/mol. The van der Waals surface area contributed by atoms with Crippen LogP contribution < -0.4 is 5.32 Å². The Balaban J connectivity index is 2.34. The summed E-state index contributed by atoms with van der Waals surface area (Å²) in [7, 11) is 0. The van der Waals surface area contributed by atoms with Crippen molar-refractivity contribution in [2.75, 3.05) is 12.3 Å². The molecule has 1 aromatic rings. The summed E-state index contributed by atoms with van der Waals surface area (Å²) in [6.45, 7) is 2.12. The molecule has 17 heavy (non-hydrogen) atoms. The van der Waals surface area contributed by atoms with E-state index in [4.69, 9.17) is 5.11 Å². The lowest BCUT2D eigenvalue weighted by atomic mass is 10.1. The van der Waals surface area contributed by atoms with Crippen LogP contribution in [0.2, 0.25) is 0 Å². The lowest BCUT2D eigenvalue weighted by Crippen LogP contribution is -2.22. The van der Waals surface area contributed by atoms with Crippen LogP contribution >= 0.6 is 11.8 Å². The maximum atomic E-state index is 10.8. The van der Waals surface area contributed by atoms with Gasteiger partial charge in [-0.05, 0) is 17.7 Å². The van der Waals surface area contributed by atoms with Gasteiger partial charge in [-0.25, -0.2) is 4.79 Å². The van der Waals surface area contributed by atoms with Gasteiger partial charge in [0.25, 0.3) is 0 Å². The number of carbonyl (C=O) groups is 2. The van der Waals surface area contributed by atoms with Crippen LogP contribution in [0.1, 0.15) is 22.8 Å². The van der Waals surface area contributed by atoms with Crippen molar-refractivity contribution in [2.24, 2.45) is 0 Å². The molecule has 0 radical (unpaired) electrons. The fraction of sp³-hybridized carbons (Fsp3) is 0.333. The van der Waals surface area contributed by atoms with E-state index in [1.807, 2.05) is 6.07 Å². The van der Waals surface area contributed by atoms with Crippen molar-refractivity contribution in [3.05, 3.63) is 35.4 Å². The third kappa shape index (κ3) is 5.40. The van der Waals surface area contributed by atoms with Crippen molar-refractivity contribution in [3.8, 4) is 0 Å². The lowest BCUT2D eigenvalue weighted by Gasteiger charge is -2.03. The molecule has 0 unspecified atom stereocenters. The van der Waals surface area contributed by atoms with Crippen LogP contribution in [0.4, 0.5) is 0 Å². The predicted octanol–water partition coefficient (Wildman–Crippen LogP) is 1.75. The zero-order chi connectivity index (χ0) is 12.7. The minimum Gasteiger partial charge on any atom is -0.478 e. The Kier molecular flexibility index (Phi) is 5.56. The molecule has 1 aromatic carbocycles. The summed E-state index contributed by atoms with van der Waals surface area (Å²) in [5.74, 6) is 0.631. The number of nitrogens with one attached hydrogen (secondary N) is 1. The second-order valence-electron chi connectivity index (χ2n) is 3.54. The largest absolute Gasteiger partial charge is 0.478 e. The molecule has 1 amide bonds. The van der Waals surface area contributed by atoms with E-state index in [1.165, 1.54) is 6.92 Å². The van der Waals surface area contributed by atoms with Gasteiger partial charge < -0.3 is 10.4 Å². The maximum Gasteiger partial charge on any atom is 0.335 e. The van der Waals surface area contributed by atoms with Crippen LogP contribution in [0, 0.1) is 0 Å². The molecule has 0 aromatic heterocycles. The smallest absolute Gasteiger partial charge is 0.335 e. The summed E-state index contributed by atoms with van der Waals surface area (Å²) in [5, 5.41) is 11.5. The fourth-order valence-electron chi connectivity index (χ4n) is 1.28. The van der Waals surface area contributed by atoms with E-state index in [9.17, 15) is 9.59 Å². The maximum absolute atomic E-state index is 10.8. The summed E-state index contributed by atoms with van der Waals surface area (Å²) in [5.41, 5.74) is 1.29. The van der Waals surface area contributed by atoms with Gasteiger partial charge in [0.2, 0.25) is 5.91 Å². The van der Waals surface area contributed by atoms with Gasteiger partial charge >= 0.3 is 5.97 Å². The first-order valence-electron chi connectivity index (χ1n) is 5.24. The van der Waals surface area contributed by atoms with E-state index >= 15 is 0 Å². The molecule has 4 nitrogen and oxygen atoms in total. The quantitative estimate of drug-likeness (QED) is 0.758. The van der Waals surface area contributed by atoms with Gasteiger partial charge in [-0.2, -0.15) is 11.8 Å². The molecule has 0 atom stereocenters. The molecule has 0 saturated heterocycles. The topological polar surface area (TPSA) is 66.4 Å². The van der Waals surface area contributed by atoms with E-state index in [-0.39, 0.29) is 5.91 Å². The van der Waals surface area contributed by atoms with Crippen LogP contribution in [0.15, 0.2) is 24.3 Å². The Morgan fingerprint density at radius 3 is 2.82 bits per heavy atom. The summed E-state index contributed by atoms with van der Waals surface area (Å²) >= 11 is 1.66. The predicted molar refractivity (Wildman–Crippen MR) is 68.2 cm³/mol. The molecule has 1 rings (SSSR count). The fourth-order valence-corrected chi connectivity index (χ4v) is 2.09. The van der Waals surface area contributed by atoms with Crippen molar-refractivity contribution in [3.63, 3.8) is 0 Å². The summed E-state index contributed by atoms with van der Waals surface area (Å²) in [6, 6.07) is 6.90. The van der Waals surface area contributed by atoms with Gasteiger partial charge in [0.15, 0.2) is 0 Å². The molecule has 0 aliphatic rings. The molecule has 0 aliphatic heterocycles. The highest BCUT2D eigenvalue weighted by Crippen LogP contribution is 2.13. The van der Waals surface area contributed by atoms with E-state index in [1.54, 1.807) is 30.0 Å². The first-order chi connectivity index (χ1) is 8.09. The zero-order valence-electron chi connectivity index (χ0n) is 9.60. The summed E-state index contributed by atoms with van der Waals surface area (Å²) in [4.78, 5) is 21.4. The Morgan fingerprint density at radius 2 is 2.18 bits per heavy atom. The van der Waals surface area contributed by atoms with Crippen molar-refractivity contribution in [1.29, 1.82) is 0 Å². The van der Waals surface area contributed by atoms with Gasteiger partial charge in [0.1, 0.15) is 0 Å². The number of amides is 1. The summed E-state index contributed by atoms with van der Waals surface area (Å²) in [6.07, 6.45) is 0. The SMILES string of the molecule is CC(=O)NCCSCc1cccc(C(=O)O)c1. The van der Waals surface area contributed by atoms with Crippen LogP contribution in [-0.4, -0.2) is 29.3 Å².